The van der Waals surface area contributed by atoms with Crippen LogP contribution >= 0.6 is 11.3 Å². The monoisotopic (exact) mass is 248 g/mol. The van der Waals surface area contributed by atoms with Crippen molar-refractivity contribution < 1.29 is 4.74 Å². The van der Waals surface area contributed by atoms with Gasteiger partial charge in [-0.15, -0.1) is 11.3 Å². The molecule has 0 amide bonds. The van der Waals surface area contributed by atoms with Gasteiger partial charge in [-0.05, 0) is 24.6 Å². The molecule has 3 nitrogen and oxygen atoms in total. The van der Waals surface area contributed by atoms with Gasteiger partial charge in [0.25, 0.3) is 0 Å². The van der Waals surface area contributed by atoms with Gasteiger partial charge in [0.2, 0.25) is 5.88 Å². The Bertz CT molecular complexity index is 482. The number of anilines is 1. The average molecular weight is 248 g/mol. The van der Waals surface area contributed by atoms with Gasteiger partial charge < -0.3 is 10.1 Å². The molecule has 0 spiro atoms. The first-order valence-electron chi connectivity index (χ1n) is 5.64. The first-order valence-corrected chi connectivity index (χ1v) is 6.46. The molecule has 0 aliphatic heterocycles. The van der Waals surface area contributed by atoms with Gasteiger partial charge in [0.1, 0.15) is 5.82 Å². The normalized spacial score (nSPS) is 10.2. The number of hydrogen-bond donors (Lipinski definition) is 1. The Morgan fingerprint density at radius 2 is 2.06 bits per heavy atom. The molecule has 0 aliphatic rings. The van der Waals surface area contributed by atoms with Crippen LogP contribution in [0.25, 0.3) is 0 Å². The molecule has 2 aromatic heterocycles. The standard InChI is InChI=1S/C13H16N2OS/c1-3-10-7-8-11(17-10)9-14-12-5-4-6-13(15-12)16-2/h4-8H,3,9H2,1-2H3,(H,14,15). The Kier molecular flexibility index (Phi) is 3.98. The van der Waals surface area contributed by atoms with Gasteiger partial charge in [-0.25, -0.2) is 0 Å². The predicted octanol–water partition coefficient (Wildman–Crippen LogP) is 3.33. The minimum Gasteiger partial charge on any atom is -0.481 e. The SMILES string of the molecule is CCc1ccc(CNc2cccc(OC)n2)s1. The number of ether oxygens (including phenoxy) is 1. The van der Waals surface area contributed by atoms with E-state index in [4.69, 9.17) is 4.74 Å². The second-order valence-electron chi connectivity index (χ2n) is 3.64. The van der Waals surface area contributed by atoms with Crippen molar-refractivity contribution >= 4 is 17.2 Å². The second kappa shape index (κ2) is 5.68. The van der Waals surface area contributed by atoms with Gasteiger partial charge in [0.05, 0.1) is 13.7 Å². The molecule has 0 saturated heterocycles. The van der Waals surface area contributed by atoms with Gasteiger partial charge in [-0.2, -0.15) is 4.98 Å². The molecule has 0 atom stereocenters. The summed E-state index contributed by atoms with van der Waals surface area (Å²) in [5.41, 5.74) is 0. The number of rotatable bonds is 5. The molecule has 90 valence electrons. The van der Waals surface area contributed by atoms with Crippen molar-refractivity contribution in [3.05, 3.63) is 40.1 Å². The largest absolute Gasteiger partial charge is 0.481 e. The number of hydrogen-bond acceptors (Lipinski definition) is 4. The molecule has 1 N–H and O–H groups in total. The van der Waals surface area contributed by atoms with Crippen LogP contribution in [-0.4, -0.2) is 12.1 Å². The topological polar surface area (TPSA) is 34.1 Å². The molecule has 0 saturated carbocycles. The van der Waals surface area contributed by atoms with Crippen molar-refractivity contribution in [2.24, 2.45) is 0 Å². The zero-order valence-corrected chi connectivity index (χ0v) is 10.9. The van der Waals surface area contributed by atoms with E-state index >= 15 is 0 Å². The molecule has 4 heteroatoms. The molecule has 0 aliphatic carbocycles. The lowest BCUT2D eigenvalue weighted by molar-refractivity contribution is 0.398. The maximum atomic E-state index is 5.08. The van der Waals surface area contributed by atoms with Crippen molar-refractivity contribution in [1.82, 2.24) is 4.98 Å². The molecule has 2 aromatic rings. The summed E-state index contributed by atoms with van der Waals surface area (Å²) in [6.45, 7) is 2.98. The molecule has 2 rings (SSSR count). The van der Waals surface area contributed by atoms with E-state index in [0.717, 1.165) is 18.8 Å². The first-order chi connectivity index (χ1) is 8.31. The van der Waals surface area contributed by atoms with Crippen LogP contribution < -0.4 is 10.1 Å². The Hall–Kier alpha value is -1.55. The van der Waals surface area contributed by atoms with E-state index in [9.17, 15) is 0 Å². The Morgan fingerprint density at radius 3 is 2.76 bits per heavy atom. The van der Waals surface area contributed by atoms with Crippen LogP contribution in [0, 0.1) is 0 Å². The first kappa shape index (κ1) is 11.9. The third-order valence-corrected chi connectivity index (χ3v) is 3.67. The van der Waals surface area contributed by atoms with Crippen molar-refractivity contribution in [1.29, 1.82) is 0 Å². The van der Waals surface area contributed by atoms with E-state index in [1.54, 1.807) is 7.11 Å². The maximum absolute atomic E-state index is 5.08. The quantitative estimate of drug-likeness (QED) is 0.881. The van der Waals surface area contributed by atoms with E-state index in [1.165, 1.54) is 9.75 Å². The van der Waals surface area contributed by atoms with E-state index in [0.29, 0.717) is 5.88 Å². The maximum Gasteiger partial charge on any atom is 0.214 e. The molecule has 0 bridgehead atoms. The summed E-state index contributed by atoms with van der Waals surface area (Å²) in [5.74, 6) is 1.48. The van der Waals surface area contributed by atoms with Gasteiger partial charge in [-0.1, -0.05) is 13.0 Å². The van der Waals surface area contributed by atoms with Crippen LogP contribution in [0.4, 0.5) is 5.82 Å². The van der Waals surface area contributed by atoms with Crippen molar-refractivity contribution in [3.63, 3.8) is 0 Å². The molecule has 2 heterocycles. The average Bonchev–Trinajstić information content (AvgIpc) is 2.84. The zero-order valence-electron chi connectivity index (χ0n) is 10.1. The molecular formula is C13H16N2OS. The zero-order chi connectivity index (χ0) is 12.1. The number of nitrogens with zero attached hydrogens (tertiary/aromatic N) is 1. The molecule has 0 unspecified atom stereocenters. The highest BCUT2D eigenvalue weighted by Gasteiger charge is 2.00. The molecule has 0 aromatic carbocycles. The Balaban J connectivity index is 1.96. The number of pyridine rings is 1. The lowest BCUT2D eigenvalue weighted by atomic mass is 10.3. The highest BCUT2D eigenvalue weighted by molar-refractivity contribution is 7.12. The second-order valence-corrected chi connectivity index (χ2v) is 4.89. The molecule has 0 radical (unpaired) electrons. The number of nitrogens with one attached hydrogen (secondary N) is 1. The van der Waals surface area contributed by atoms with Crippen LogP contribution in [-0.2, 0) is 13.0 Å². The summed E-state index contributed by atoms with van der Waals surface area (Å²) in [7, 11) is 1.62. The van der Waals surface area contributed by atoms with Gasteiger partial charge in [0.15, 0.2) is 0 Å². The van der Waals surface area contributed by atoms with Crippen molar-refractivity contribution in [2.45, 2.75) is 19.9 Å². The van der Waals surface area contributed by atoms with Crippen molar-refractivity contribution in [3.8, 4) is 5.88 Å². The summed E-state index contributed by atoms with van der Waals surface area (Å²) >= 11 is 1.84. The number of aryl methyl sites for hydroxylation is 1. The van der Waals surface area contributed by atoms with Crippen LogP contribution in [0.15, 0.2) is 30.3 Å². The molecule has 0 fully saturated rings. The third-order valence-electron chi connectivity index (χ3n) is 2.44. The minimum atomic E-state index is 0.635. The third kappa shape index (κ3) is 3.20. The fourth-order valence-corrected chi connectivity index (χ4v) is 2.41. The number of thiophene rings is 1. The summed E-state index contributed by atoms with van der Waals surface area (Å²) < 4.78 is 5.08. The lowest BCUT2D eigenvalue weighted by Gasteiger charge is -2.05. The fourth-order valence-electron chi connectivity index (χ4n) is 1.51. The van der Waals surface area contributed by atoms with E-state index in [-0.39, 0.29) is 0 Å². The predicted molar refractivity (Wildman–Crippen MR) is 71.8 cm³/mol. The Labute approximate surface area is 105 Å². The van der Waals surface area contributed by atoms with Gasteiger partial charge in [-0.3, -0.25) is 0 Å². The highest BCUT2D eigenvalue weighted by atomic mass is 32.1. The van der Waals surface area contributed by atoms with Crippen molar-refractivity contribution in [2.75, 3.05) is 12.4 Å². The van der Waals surface area contributed by atoms with Gasteiger partial charge in [0, 0.05) is 15.8 Å². The summed E-state index contributed by atoms with van der Waals surface area (Å²) in [6, 6.07) is 10.1. The van der Waals surface area contributed by atoms with E-state index in [1.807, 2.05) is 29.5 Å². The summed E-state index contributed by atoms with van der Waals surface area (Å²) in [6.07, 6.45) is 1.10. The summed E-state index contributed by atoms with van der Waals surface area (Å²) in [4.78, 5) is 7.05. The Morgan fingerprint density at radius 1 is 1.24 bits per heavy atom. The molecular weight excluding hydrogens is 232 g/mol. The minimum absolute atomic E-state index is 0.635. The van der Waals surface area contributed by atoms with Crippen LogP contribution in [0.5, 0.6) is 5.88 Å². The van der Waals surface area contributed by atoms with E-state index in [2.05, 4.69) is 29.4 Å². The fraction of sp³-hybridized carbons (Fsp3) is 0.308. The van der Waals surface area contributed by atoms with E-state index < -0.39 is 0 Å². The highest BCUT2D eigenvalue weighted by Crippen LogP contribution is 2.18. The smallest absolute Gasteiger partial charge is 0.214 e. The van der Waals surface area contributed by atoms with Gasteiger partial charge >= 0.3 is 0 Å². The van der Waals surface area contributed by atoms with Crippen LogP contribution in [0.3, 0.4) is 0 Å². The van der Waals surface area contributed by atoms with Crippen LogP contribution in [0.1, 0.15) is 16.7 Å². The molecule has 17 heavy (non-hydrogen) atoms. The van der Waals surface area contributed by atoms with Crippen LogP contribution in [0.2, 0.25) is 0 Å². The summed E-state index contributed by atoms with van der Waals surface area (Å²) in [5, 5.41) is 3.29. The lowest BCUT2D eigenvalue weighted by Crippen LogP contribution is -2.00. The number of aromatic nitrogens is 1. The number of methoxy groups -OCH3 is 1.